The molecule has 3 rings (SSSR count). The molecule has 2 aliphatic heterocycles. The number of nitrogens with one attached hydrogen (secondary N) is 1. The Morgan fingerprint density at radius 1 is 1.13 bits per heavy atom. The molecule has 2 atom stereocenters. The number of nitrogens with zero attached hydrogens (tertiary/aromatic N) is 3. The molecular weight excluding hydrogens is 429 g/mol. The minimum Gasteiger partial charge on any atom is -0.396 e. The maximum absolute atomic E-state index is 13.7. The van der Waals surface area contributed by atoms with Gasteiger partial charge >= 0.3 is 6.03 Å². The van der Waals surface area contributed by atoms with E-state index in [2.05, 4.69) is 5.32 Å². The van der Waals surface area contributed by atoms with Crippen LogP contribution < -0.4 is 11.1 Å². The average molecular weight is 456 g/mol. The Morgan fingerprint density at radius 3 is 2.42 bits per heavy atom. The monoisotopic (exact) mass is 455 g/mol. The lowest BCUT2D eigenvalue weighted by molar-refractivity contribution is -0.131. The van der Waals surface area contributed by atoms with Gasteiger partial charge in [-0.05, 0) is 24.6 Å². The van der Waals surface area contributed by atoms with Crippen molar-refractivity contribution in [2.75, 3.05) is 57.7 Å². The van der Waals surface area contributed by atoms with Gasteiger partial charge in [0.2, 0.25) is 11.8 Å². The Morgan fingerprint density at radius 2 is 1.81 bits per heavy atom. The zero-order valence-electron chi connectivity index (χ0n) is 17.1. The predicted molar refractivity (Wildman–Crippen MR) is 113 cm³/mol. The molecule has 9 nitrogen and oxygen atoms in total. The summed E-state index contributed by atoms with van der Waals surface area (Å²) in [6, 6.07) is 3.76. The number of carbonyl (C=O) groups excluding carboxylic acids is 3. The van der Waals surface area contributed by atoms with Crippen LogP contribution in [0.15, 0.2) is 18.2 Å². The number of hydrogen-bond acceptors (Lipinski definition) is 5. The van der Waals surface area contributed by atoms with Crippen molar-refractivity contribution in [2.24, 2.45) is 17.6 Å². The Hall–Kier alpha value is -2.43. The number of carbonyl (C=O) groups is 3. The molecule has 0 saturated carbocycles. The molecule has 2 saturated heterocycles. The molecule has 170 valence electrons. The van der Waals surface area contributed by atoms with Gasteiger partial charge < -0.3 is 30.9 Å². The molecule has 0 unspecified atom stereocenters. The van der Waals surface area contributed by atoms with Crippen molar-refractivity contribution in [1.82, 2.24) is 14.7 Å². The van der Waals surface area contributed by atoms with E-state index >= 15 is 0 Å². The van der Waals surface area contributed by atoms with Gasteiger partial charge in [-0.2, -0.15) is 0 Å². The summed E-state index contributed by atoms with van der Waals surface area (Å²) in [5.74, 6) is -1.93. The van der Waals surface area contributed by atoms with Crippen molar-refractivity contribution >= 4 is 35.1 Å². The summed E-state index contributed by atoms with van der Waals surface area (Å²) < 4.78 is 13.7. The number of halogens is 2. The van der Waals surface area contributed by atoms with Gasteiger partial charge in [-0.25, -0.2) is 9.18 Å². The van der Waals surface area contributed by atoms with Crippen molar-refractivity contribution < 1.29 is 23.9 Å². The standard InChI is InChI=1S/C20H27ClFN5O4/c21-16-2-1-15(8-17(16)22)24-19(30)14-7-13(12-28)10-27(11-14)20(31)26-5-3-25(4-6-26)18(29)9-23/h1-2,8,13-14,28H,3-7,9-12,23H2,(H,24,30)/t13-,14+/m1/s1. The van der Waals surface area contributed by atoms with Crippen LogP contribution in [0.5, 0.6) is 0 Å². The van der Waals surface area contributed by atoms with Crippen LogP contribution in [-0.2, 0) is 9.59 Å². The van der Waals surface area contributed by atoms with E-state index in [4.69, 9.17) is 17.3 Å². The lowest BCUT2D eigenvalue weighted by Crippen LogP contribution is -2.57. The first-order valence-corrected chi connectivity index (χ1v) is 10.6. The van der Waals surface area contributed by atoms with Gasteiger partial charge in [-0.3, -0.25) is 9.59 Å². The highest BCUT2D eigenvalue weighted by molar-refractivity contribution is 6.30. The van der Waals surface area contributed by atoms with Gasteiger partial charge in [0.15, 0.2) is 0 Å². The van der Waals surface area contributed by atoms with Crippen molar-refractivity contribution in [3.63, 3.8) is 0 Å². The van der Waals surface area contributed by atoms with E-state index in [-0.39, 0.29) is 54.2 Å². The fourth-order valence-corrected chi connectivity index (χ4v) is 4.09. The molecule has 1 aromatic carbocycles. The molecule has 11 heteroatoms. The van der Waals surface area contributed by atoms with Gasteiger partial charge in [0.25, 0.3) is 0 Å². The van der Waals surface area contributed by atoms with E-state index in [0.29, 0.717) is 39.1 Å². The van der Waals surface area contributed by atoms with Crippen LogP contribution in [0.25, 0.3) is 0 Å². The third-order valence-electron chi connectivity index (χ3n) is 5.70. The summed E-state index contributed by atoms with van der Waals surface area (Å²) in [7, 11) is 0. The highest BCUT2D eigenvalue weighted by Crippen LogP contribution is 2.25. The topological polar surface area (TPSA) is 119 Å². The summed E-state index contributed by atoms with van der Waals surface area (Å²) in [6.45, 7) is 1.90. The first-order chi connectivity index (χ1) is 14.8. The van der Waals surface area contributed by atoms with E-state index in [1.54, 1.807) is 14.7 Å². The fourth-order valence-electron chi connectivity index (χ4n) is 3.98. The number of rotatable bonds is 4. The molecular formula is C20H27ClFN5O4. The lowest BCUT2D eigenvalue weighted by atomic mass is 9.89. The number of benzene rings is 1. The summed E-state index contributed by atoms with van der Waals surface area (Å²) in [6.07, 6.45) is 0.418. The van der Waals surface area contributed by atoms with Crippen LogP contribution in [0, 0.1) is 17.7 Å². The van der Waals surface area contributed by atoms with Crippen molar-refractivity contribution in [1.29, 1.82) is 0 Å². The number of likely N-dealkylation sites (tertiary alicyclic amines) is 1. The Balaban J connectivity index is 1.62. The molecule has 2 aliphatic rings. The second kappa shape index (κ2) is 10.3. The number of hydrogen-bond donors (Lipinski definition) is 3. The van der Waals surface area contributed by atoms with Gasteiger partial charge in [0.1, 0.15) is 5.82 Å². The molecule has 0 radical (unpaired) electrons. The minimum absolute atomic E-state index is 0.0407. The number of nitrogens with two attached hydrogens (primary N) is 1. The highest BCUT2D eigenvalue weighted by Gasteiger charge is 2.36. The smallest absolute Gasteiger partial charge is 0.320 e. The number of amides is 4. The van der Waals surface area contributed by atoms with E-state index in [9.17, 15) is 23.9 Å². The zero-order valence-corrected chi connectivity index (χ0v) is 17.9. The van der Waals surface area contributed by atoms with Crippen molar-refractivity contribution in [3.8, 4) is 0 Å². The Labute approximate surface area is 184 Å². The van der Waals surface area contributed by atoms with Crippen LogP contribution in [0.1, 0.15) is 6.42 Å². The maximum Gasteiger partial charge on any atom is 0.320 e. The number of anilines is 1. The normalized spacial score (nSPS) is 21.7. The summed E-state index contributed by atoms with van der Waals surface area (Å²) in [4.78, 5) is 42.3. The van der Waals surface area contributed by atoms with Crippen LogP contribution in [0.3, 0.4) is 0 Å². The molecule has 2 heterocycles. The second-order valence-electron chi connectivity index (χ2n) is 7.86. The number of urea groups is 1. The molecule has 0 aromatic heterocycles. The molecule has 4 N–H and O–H groups in total. The number of aliphatic hydroxyl groups is 1. The van der Waals surface area contributed by atoms with Crippen LogP contribution in [-0.4, -0.2) is 90.1 Å². The molecule has 31 heavy (non-hydrogen) atoms. The first-order valence-electron chi connectivity index (χ1n) is 10.2. The molecule has 4 amide bonds. The number of piperidine rings is 1. The molecule has 0 spiro atoms. The van der Waals surface area contributed by atoms with Crippen LogP contribution in [0.2, 0.25) is 5.02 Å². The Kier molecular flexibility index (Phi) is 7.69. The third kappa shape index (κ3) is 5.63. The van der Waals surface area contributed by atoms with Gasteiger partial charge in [0.05, 0.1) is 17.5 Å². The maximum atomic E-state index is 13.7. The van der Waals surface area contributed by atoms with E-state index < -0.39 is 11.7 Å². The van der Waals surface area contributed by atoms with Crippen LogP contribution >= 0.6 is 11.6 Å². The molecule has 0 aliphatic carbocycles. The number of piperazine rings is 1. The van der Waals surface area contributed by atoms with Crippen molar-refractivity contribution in [3.05, 3.63) is 29.0 Å². The molecule has 0 bridgehead atoms. The average Bonchev–Trinajstić information content (AvgIpc) is 2.80. The summed E-state index contributed by atoms with van der Waals surface area (Å²) in [5.41, 5.74) is 5.66. The largest absolute Gasteiger partial charge is 0.396 e. The summed E-state index contributed by atoms with van der Waals surface area (Å²) in [5, 5.41) is 12.3. The quantitative estimate of drug-likeness (QED) is 0.613. The minimum atomic E-state index is -0.639. The van der Waals surface area contributed by atoms with E-state index in [0.717, 1.165) is 6.07 Å². The van der Waals surface area contributed by atoms with Gasteiger partial charge in [-0.1, -0.05) is 11.6 Å². The Bertz CT molecular complexity index is 834. The zero-order chi connectivity index (χ0) is 22.5. The second-order valence-corrected chi connectivity index (χ2v) is 8.27. The van der Waals surface area contributed by atoms with Gasteiger partial charge in [-0.15, -0.1) is 0 Å². The number of aliphatic hydroxyl groups excluding tert-OH is 1. The summed E-state index contributed by atoms with van der Waals surface area (Å²) >= 11 is 5.67. The SMILES string of the molecule is NCC(=O)N1CCN(C(=O)N2C[C@H](CO)C[C@H](C(=O)Nc3ccc(Cl)c(F)c3)C2)CC1. The van der Waals surface area contributed by atoms with Gasteiger partial charge in [0, 0.05) is 57.5 Å². The van der Waals surface area contributed by atoms with E-state index in [1.165, 1.54) is 12.1 Å². The first kappa shape index (κ1) is 23.2. The molecule has 2 fully saturated rings. The predicted octanol–water partition coefficient (Wildman–Crippen LogP) is 0.571. The molecule has 1 aromatic rings. The lowest BCUT2D eigenvalue weighted by Gasteiger charge is -2.41. The van der Waals surface area contributed by atoms with E-state index in [1.807, 2.05) is 0 Å². The fraction of sp³-hybridized carbons (Fsp3) is 0.550. The van der Waals surface area contributed by atoms with Crippen LogP contribution in [0.4, 0.5) is 14.9 Å². The van der Waals surface area contributed by atoms with Crippen molar-refractivity contribution in [2.45, 2.75) is 6.42 Å². The third-order valence-corrected chi connectivity index (χ3v) is 6.01. The highest BCUT2D eigenvalue weighted by atomic mass is 35.5.